The molecule has 1 unspecified atom stereocenters. The van der Waals surface area contributed by atoms with Crippen LogP contribution in [-0.2, 0) is 0 Å². The van der Waals surface area contributed by atoms with Crippen LogP contribution in [0.2, 0.25) is 0 Å². The Morgan fingerprint density at radius 2 is 1.96 bits per heavy atom. The molecule has 2 saturated heterocycles. The molecule has 8 heteroatoms. The van der Waals surface area contributed by atoms with Crippen LogP contribution in [0, 0.1) is 5.92 Å². The molecule has 0 saturated carbocycles. The molecular formula is C20H24N6O2. The minimum absolute atomic E-state index is 0.147. The van der Waals surface area contributed by atoms with E-state index in [0.29, 0.717) is 18.0 Å². The number of piperidine rings is 1. The highest BCUT2D eigenvalue weighted by Crippen LogP contribution is 2.22. The number of rotatable bonds is 3. The minimum Gasteiger partial charge on any atom is -0.337 e. The highest BCUT2D eigenvalue weighted by Gasteiger charge is 2.30. The molecule has 3 aromatic rings. The Bertz CT molecular complexity index is 1080. The van der Waals surface area contributed by atoms with Crippen LogP contribution in [0.4, 0.5) is 0 Å². The van der Waals surface area contributed by atoms with Crippen molar-refractivity contribution in [2.75, 3.05) is 32.7 Å². The molecule has 2 aromatic heterocycles. The molecule has 1 amide bonds. The van der Waals surface area contributed by atoms with Gasteiger partial charge >= 0.3 is 0 Å². The van der Waals surface area contributed by atoms with E-state index in [-0.39, 0.29) is 22.7 Å². The number of nitrogens with zero attached hydrogens (tertiary/aromatic N) is 5. The number of hydrogen-bond donors (Lipinski definition) is 1. The lowest BCUT2D eigenvalue weighted by molar-refractivity contribution is 0.0644. The Kier molecular flexibility index (Phi) is 4.35. The van der Waals surface area contributed by atoms with Gasteiger partial charge in [-0.25, -0.2) is 4.52 Å². The highest BCUT2D eigenvalue weighted by atomic mass is 16.2. The van der Waals surface area contributed by atoms with Crippen molar-refractivity contribution in [3.63, 3.8) is 0 Å². The number of para-hydroxylation sites is 2. The summed E-state index contributed by atoms with van der Waals surface area (Å²) in [6, 6.07) is 7.39. The number of likely N-dealkylation sites (tertiary alicyclic amines) is 2. The second-order valence-electron chi connectivity index (χ2n) is 7.94. The maximum atomic E-state index is 13.2. The van der Waals surface area contributed by atoms with Crippen molar-refractivity contribution < 1.29 is 4.79 Å². The predicted octanol–water partition coefficient (Wildman–Crippen LogP) is 1.52. The number of amides is 1. The lowest BCUT2D eigenvalue weighted by Crippen LogP contribution is -2.43. The van der Waals surface area contributed by atoms with Crippen LogP contribution in [-0.4, -0.2) is 68.2 Å². The first kappa shape index (κ1) is 17.4. The van der Waals surface area contributed by atoms with Gasteiger partial charge in [0.05, 0.1) is 11.0 Å². The van der Waals surface area contributed by atoms with Crippen LogP contribution in [0.1, 0.15) is 36.2 Å². The van der Waals surface area contributed by atoms with E-state index in [9.17, 15) is 9.59 Å². The zero-order valence-electron chi connectivity index (χ0n) is 15.8. The Morgan fingerprint density at radius 3 is 2.82 bits per heavy atom. The van der Waals surface area contributed by atoms with E-state index in [2.05, 4.69) is 20.2 Å². The summed E-state index contributed by atoms with van der Waals surface area (Å²) in [5, 5.41) is 8.22. The standard InChI is InChI=1S/C20H24N6O2/c27-19-18-17(22-23-26(18)16-8-2-1-7-15(16)21-19)20(28)25-11-5-6-14(13-25)12-24-9-3-4-10-24/h1-2,7-8,14H,3-6,9-13H2,(H,21,27). The van der Waals surface area contributed by atoms with Gasteiger partial charge in [0.15, 0.2) is 11.2 Å². The third-order valence-electron chi connectivity index (χ3n) is 5.99. The van der Waals surface area contributed by atoms with Gasteiger partial charge in [-0.3, -0.25) is 9.59 Å². The molecule has 2 fully saturated rings. The highest BCUT2D eigenvalue weighted by molar-refractivity contribution is 5.99. The monoisotopic (exact) mass is 380 g/mol. The van der Waals surface area contributed by atoms with E-state index in [1.165, 1.54) is 30.4 Å². The molecule has 1 atom stereocenters. The summed E-state index contributed by atoms with van der Waals surface area (Å²) >= 11 is 0. The van der Waals surface area contributed by atoms with Crippen LogP contribution in [0.15, 0.2) is 29.1 Å². The maximum Gasteiger partial charge on any atom is 0.277 e. The van der Waals surface area contributed by atoms with Crippen LogP contribution >= 0.6 is 0 Å². The summed E-state index contributed by atoms with van der Waals surface area (Å²) in [4.78, 5) is 33.0. The van der Waals surface area contributed by atoms with Crippen molar-refractivity contribution in [2.45, 2.75) is 25.7 Å². The Hall–Kier alpha value is -2.74. The van der Waals surface area contributed by atoms with Crippen LogP contribution in [0.5, 0.6) is 0 Å². The number of fused-ring (bicyclic) bond motifs is 3. The molecule has 5 rings (SSSR count). The largest absolute Gasteiger partial charge is 0.337 e. The van der Waals surface area contributed by atoms with E-state index >= 15 is 0 Å². The lowest BCUT2D eigenvalue weighted by Gasteiger charge is -2.34. The van der Waals surface area contributed by atoms with Crippen LogP contribution in [0.3, 0.4) is 0 Å². The molecule has 146 valence electrons. The number of benzene rings is 1. The number of carbonyl (C=O) groups is 1. The summed E-state index contributed by atoms with van der Waals surface area (Å²) in [5.41, 5.74) is 1.44. The molecule has 1 N–H and O–H groups in total. The van der Waals surface area contributed by atoms with Crippen molar-refractivity contribution in [1.29, 1.82) is 0 Å². The summed E-state index contributed by atoms with van der Waals surface area (Å²) in [6.07, 6.45) is 4.69. The second kappa shape index (κ2) is 7.01. The molecule has 28 heavy (non-hydrogen) atoms. The average Bonchev–Trinajstić information content (AvgIpc) is 3.38. The van der Waals surface area contributed by atoms with Gasteiger partial charge in [-0.15, -0.1) is 5.10 Å². The molecule has 0 bridgehead atoms. The normalized spacial score (nSPS) is 21.0. The lowest BCUT2D eigenvalue weighted by atomic mass is 9.97. The van der Waals surface area contributed by atoms with Crippen molar-refractivity contribution in [3.8, 4) is 0 Å². The molecular weight excluding hydrogens is 356 g/mol. The maximum absolute atomic E-state index is 13.2. The Balaban J connectivity index is 1.44. The van der Waals surface area contributed by atoms with Gasteiger partial charge in [-0.1, -0.05) is 17.3 Å². The summed E-state index contributed by atoms with van der Waals surface area (Å²) in [6.45, 7) is 4.82. The number of carbonyl (C=O) groups excluding carboxylic acids is 1. The minimum atomic E-state index is -0.335. The van der Waals surface area contributed by atoms with Gasteiger partial charge in [0, 0.05) is 19.6 Å². The van der Waals surface area contributed by atoms with Crippen molar-refractivity contribution in [3.05, 3.63) is 40.3 Å². The van der Waals surface area contributed by atoms with Gasteiger partial charge in [0.1, 0.15) is 0 Å². The van der Waals surface area contributed by atoms with E-state index < -0.39 is 0 Å². The van der Waals surface area contributed by atoms with Crippen LogP contribution in [0.25, 0.3) is 16.6 Å². The summed E-state index contributed by atoms with van der Waals surface area (Å²) < 4.78 is 1.48. The second-order valence-corrected chi connectivity index (χ2v) is 7.94. The van der Waals surface area contributed by atoms with Crippen molar-refractivity contribution in [2.24, 2.45) is 5.92 Å². The zero-order chi connectivity index (χ0) is 19.1. The smallest absolute Gasteiger partial charge is 0.277 e. The molecule has 0 aliphatic carbocycles. The quantitative estimate of drug-likeness (QED) is 0.744. The summed E-state index contributed by atoms with van der Waals surface area (Å²) in [5.74, 6) is 0.290. The van der Waals surface area contributed by atoms with Gasteiger partial charge < -0.3 is 14.8 Å². The number of aromatic nitrogens is 4. The predicted molar refractivity (Wildman–Crippen MR) is 105 cm³/mol. The summed E-state index contributed by atoms with van der Waals surface area (Å²) in [7, 11) is 0. The van der Waals surface area contributed by atoms with Gasteiger partial charge in [0.2, 0.25) is 0 Å². The first-order valence-electron chi connectivity index (χ1n) is 10.1. The Labute approximate surface area is 162 Å². The number of H-pyrrole nitrogens is 1. The van der Waals surface area contributed by atoms with Gasteiger partial charge in [0.25, 0.3) is 11.5 Å². The Morgan fingerprint density at radius 1 is 1.14 bits per heavy atom. The zero-order valence-corrected chi connectivity index (χ0v) is 15.8. The van der Waals surface area contributed by atoms with E-state index in [1.54, 1.807) is 0 Å². The fourth-order valence-electron chi connectivity index (χ4n) is 4.62. The fourth-order valence-corrected chi connectivity index (χ4v) is 4.62. The molecule has 2 aliphatic heterocycles. The molecule has 0 spiro atoms. The number of nitrogens with one attached hydrogen (secondary N) is 1. The van der Waals surface area contributed by atoms with E-state index in [1.807, 2.05) is 29.2 Å². The molecule has 1 aromatic carbocycles. The molecule has 8 nitrogen and oxygen atoms in total. The number of hydrogen-bond acceptors (Lipinski definition) is 5. The van der Waals surface area contributed by atoms with Gasteiger partial charge in [-0.2, -0.15) is 0 Å². The van der Waals surface area contributed by atoms with Crippen molar-refractivity contribution in [1.82, 2.24) is 29.6 Å². The average molecular weight is 380 g/mol. The van der Waals surface area contributed by atoms with E-state index in [4.69, 9.17) is 0 Å². The molecule has 0 radical (unpaired) electrons. The first-order valence-corrected chi connectivity index (χ1v) is 10.1. The van der Waals surface area contributed by atoms with Crippen LogP contribution < -0.4 is 5.56 Å². The SMILES string of the molecule is O=C(c1nnn2c1c(=O)[nH]c1ccccc12)N1CCCC(CN2CCCC2)C1. The fraction of sp³-hybridized carbons (Fsp3) is 0.500. The molecule has 2 aliphatic rings. The third kappa shape index (κ3) is 2.97. The topological polar surface area (TPSA) is 86.6 Å². The van der Waals surface area contributed by atoms with E-state index in [0.717, 1.165) is 31.4 Å². The number of aromatic amines is 1. The third-order valence-corrected chi connectivity index (χ3v) is 5.99. The molecule has 4 heterocycles. The first-order chi connectivity index (χ1) is 13.7. The van der Waals surface area contributed by atoms with Crippen molar-refractivity contribution >= 4 is 22.5 Å². The van der Waals surface area contributed by atoms with Gasteiger partial charge in [-0.05, 0) is 56.8 Å².